The zero-order valence-electron chi connectivity index (χ0n) is 11.1. The normalized spacial score (nSPS) is 27.8. The quantitative estimate of drug-likeness (QED) is 0.854. The largest absolute Gasteiger partial charge is 0.313 e. The molecule has 0 amide bonds. The number of piperidine rings is 1. The molecule has 3 rings (SSSR count). The van der Waals surface area contributed by atoms with Crippen molar-refractivity contribution < 1.29 is 0 Å². The number of hydrogen-bond acceptors (Lipinski definition) is 2. The molecule has 2 unspecified atom stereocenters. The molecule has 0 spiro atoms. The molecule has 1 aromatic carbocycles. The van der Waals surface area contributed by atoms with Crippen LogP contribution in [0.1, 0.15) is 49.3 Å². The summed E-state index contributed by atoms with van der Waals surface area (Å²) >= 11 is 0. The SMILES string of the molecule is c1ccc2c(c1)CCCC2NCC1CCCCN1. The van der Waals surface area contributed by atoms with Crippen LogP contribution in [0.3, 0.4) is 0 Å². The Morgan fingerprint density at radius 1 is 1.11 bits per heavy atom. The van der Waals surface area contributed by atoms with Crippen LogP contribution in [0.2, 0.25) is 0 Å². The van der Waals surface area contributed by atoms with Crippen molar-refractivity contribution in [2.24, 2.45) is 0 Å². The first-order valence-electron chi connectivity index (χ1n) is 7.48. The summed E-state index contributed by atoms with van der Waals surface area (Å²) in [6, 6.07) is 10.2. The molecular formula is C16H24N2. The molecule has 2 atom stereocenters. The summed E-state index contributed by atoms with van der Waals surface area (Å²) in [5.41, 5.74) is 3.09. The Bertz CT molecular complexity index is 382. The van der Waals surface area contributed by atoms with Crippen molar-refractivity contribution in [3.63, 3.8) is 0 Å². The maximum atomic E-state index is 3.78. The van der Waals surface area contributed by atoms with Gasteiger partial charge in [0.1, 0.15) is 0 Å². The lowest BCUT2D eigenvalue weighted by atomic mass is 9.87. The van der Waals surface area contributed by atoms with Crippen molar-refractivity contribution in [1.82, 2.24) is 10.6 Å². The molecule has 1 heterocycles. The molecule has 1 aromatic rings. The molecular weight excluding hydrogens is 220 g/mol. The molecule has 2 nitrogen and oxygen atoms in total. The molecule has 1 aliphatic carbocycles. The second-order valence-corrected chi connectivity index (χ2v) is 5.70. The second kappa shape index (κ2) is 5.85. The van der Waals surface area contributed by atoms with Crippen LogP contribution in [0.15, 0.2) is 24.3 Å². The lowest BCUT2D eigenvalue weighted by Crippen LogP contribution is -2.43. The molecule has 18 heavy (non-hydrogen) atoms. The monoisotopic (exact) mass is 244 g/mol. The van der Waals surface area contributed by atoms with Gasteiger partial charge in [0.15, 0.2) is 0 Å². The molecule has 0 saturated carbocycles. The van der Waals surface area contributed by atoms with Gasteiger partial charge in [0, 0.05) is 18.6 Å². The zero-order chi connectivity index (χ0) is 12.2. The Labute approximate surface area is 110 Å². The van der Waals surface area contributed by atoms with Crippen LogP contribution in [0, 0.1) is 0 Å². The van der Waals surface area contributed by atoms with Gasteiger partial charge in [-0.15, -0.1) is 0 Å². The van der Waals surface area contributed by atoms with E-state index in [2.05, 4.69) is 34.9 Å². The highest BCUT2D eigenvalue weighted by Crippen LogP contribution is 2.29. The third kappa shape index (κ3) is 2.76. The molecule has 1 fully saturated rings. The molecule has 98 valence electrons. The highest BCUT2D eigenvalue weighted by molar-refractivity contribution is 5.32. The molecule has 2 N–H and O–H groups in total. The number of hydrogen-bond donors (Lipinski definition) is 2. The number of aryl methyl sites for hydroxylation is 1. The third-order valence-corrected chi connectivity index (χ3v) is 4.39. The van der Waals surface area contributed by atoms with E-state index in [0.29, 0.717) is 12.1 Å². The van der Waals surface area contributed by atoms with E-state index in [4.69, 9.17) is 0 Å². The second-order valence-electron chi connectivity index (χ2n) is 5.70. The van der Waals surface area contributed by atoms with E-state index in [1.807, 2.05) is 0 Å². The van der Waals surface area contributed by atoms with E-state index in [1.54, 1.807) is 11.1 Å². The van der Waals surface area contributed by atoms with Crippen molar-refractivity contribution in [3.05, 3.63) is 35.4 Å². The average Bonchev–Trinajstić information content (AvgIpc) is 2.46. The minimum absolute atomic E-state index is 0.582. The maximum Gasteiger partial charge on any atom is 0.0323 e. The summed E-state index contributed by atoms with van der Waals surface area (Å²) in [5.74, 6) is 0. The lowest BCUT2D eigenvalue weighted by molar-refractivity contribution is 0.354. The molecule has 1 aliphatic heterocycles. The van der Waals surface area contributed by atoms with Crippen LogP contribution in [-0.2, 0) is 6.42 Å². The summed E-state index contributed by atoms with van der Waals surface area (Å²) in [6.07, 6.45) is 7.96. The summed E-state index contributed by atoms with van der Waals surface area (Å²) < 4.78 is 0. The fourth-order valence-electron chi connectivity index (χ4n) is 3.35. The van der Waals surface area contributed by atoms with Gasteiger partial charge in [-0.05, 0) is 49.8 Å². The van der Waals surface area contributed by atoms with E-state index in [1.165, 1.54) is 45.1 Å². The average molecular weight is 244 g/mol. The van der Waals surface area contributed by atoms with Crippen molar-refractivity contribution >= 4 is 0 Å². The smallest absolute Gasteiger partial charge is 0.0323 e. The van der Waals surface area contributed by atoms with Crippen LogP contribution >= 0.6 is 0 Å². The van der Waals surface area contributed by atoms with Gasteiger partial charge in [-0.3, -0.25) is 0 Å². The third-order valence-electron chi connectivity index (χ3n) is 4.39. The van der Waals surface area contributed by atoms with E-state index in [-0.39, 0.29) is 0 Å². The van der Waals surface area contributed by atoms with Gasteiger partial charge < -0.3 is 10.6 Å². The first-order chi connectivity index (χ1) is 8.93. The zero-order valence-corrected chi connectivity index (χ0v) is 11.1. The number of rotatable bonds is 3. The fourth-order valence-corrected chi connectivity index (χ4v) is 3.35. The Kier molecular flexibility index (Phi) is 3.96. The predicted molar refractivity (Wildman–Crippen MR) is 75.8 cm³/mol. The summed E-state index contributed by atoms with van der Waals surface area (Å²) in [4.78, 5) is 0. The summed E-state index contributed by atoms with van der Waals surface area (Å²) in [5, 5.41) is 7.41. The van der Waals surface area contributed by atoms with Crippen LogP contribution in [0.5, 0.6) is 0 Å². The van der Waals surface area contributed by atoms with Crippen molar-refractivity contribution in [1.29, 1.82) is 0 Å². The van der Waals surface area contributed by atoms with Crippen LogP contribution in [0.25, 0.3) is 0 Å². The van der Waals surface area contributed by atoms with Crippen molar-refractivity contribution in [2.45, 2.75) is 50.6 Å². The first kappa shape index (κ1) is 12.2. The predicted octanol–water partition coefficient (Wildman–Crippen LogP) is 2.80. The van der Waals surface area contributed by atoms with E-state index < -0.39 is 0 Å². The molecule has 0 bridgehead atoms. The van der Waals surface area contributed by atoms with Gasteiger partial charge in [-0.2, -0.15) is 0 Å². The maximum absolute atomic E-state index is 3.78. The number of nitrogens with one attached hydrogen (secondary N) is 2. The van der Waals surface area contributed by atoms with Gasteiger partial charge in [-0.1, -0.05) is 30.7 Å². The Balaban J connectivity index is 1.60. The lowest BCUT2D eigenvalue weighted by Gasteiger charge is -2.30. The Morgan fingerprint density at radius 2 is 2.06 bits per heavy atom. The van der Waals surface area contributed by atoms with E-state index in [0.717, 1.165) is 6.54 Å². The summed E-state index contributed by atoms with van der Waals surface area (Å²) in [6.45, 7) is 2.33. The van der Waals surface area contributed by atoms with Crippen molar-refractivity contribution in [2.75, 3.05) is 13.1 Å². The van der Waals surface area contributed by atoms with Gasteiger partial charge >= 0.3 is 0 Å². The van der Waals surface area contributed by atoms with Crippen LogP contribution in [0.4, 0.5) is 0 Å². The van der Waals surface area contributed by atoms with Gasteiger partial charge in [0.25, 0.3) is 0 Å². The van der Waals surface area contributed by atoms with Gasteiger partial charge in [0.2, 0.25) is 0 Å². The topological polar surface area (TPSA) is 24.1 Å². The highest BCUT2D eigenvalue weighted by atomic mass is 15.0. The molecule has 1 saturated heterocycles. The fraction of sp³-hybridized carbons (Fsp3) is 0.625. The molecule has 2 heteroatoms. The minimum Gasteiger partial charge on any atom is -0.313 e. The molecule has 0 aromatic heterocycles. The number of benzene rings is 1. The summed E-state index contributed by atoms with van der Waals surface area (Å²) in [7, 11) is 0. The minimum atomic E-state index is 0.582. The van der Waals surface area contributed by atoms with Gasteiger partial charge in [0.05, 0.1) is 0 Å². The van der Waals surface area contributed by atoms with Gasteiger partial charge in [-0.25, -0.2) is 0 Å². The van der Waals surface area contributed by atoms with Crippen LogP contribution < -0.4 is 10.6 Å². The standard InChI is InChI=1S/C16H24N2/c1-2-9-15-13(6-1)7-5-10-16(15)18-12-14-8-3-4-11-17-14/h1-2,6,9,14,16-18H,3-5,7-8,10-12H2. The van der Waals surface area contributed by atoms with Crippen LogP contribution in [-0.4, -0.2) is 19.1 Å². The Morgan fingerprint density at radius 3 is 2.94 bits per heavy atom. The number of fused-ring (bicyclic) bond motifs is 1. The first-order valence-corrected chi connectivity index (χ1v) is 7.48. The highest BCUT2D eigenvalue weighted by Gasteiger charge is 2.20. The van der Waals surface area contributed by atoms with Crippen molar-refractivity contribution in [3.8, 4) is 0 Å². The van der Waals surface area contributed by atoms with E-state index >= 15 is 0 Å². The molecule has 0 radical (unpaired) electrons. The molecule has 2 aliphatic rings. The van der Waals surface area contributed by atoms with E-state index in [9.17, 15) is 0 Å². The Hall–Kier alpha value is -0.860.